The lowest BCUT2D eigenvalue weighted by Crippen LogP contribution is -2.15. The minimum Gasteiger partial charge on any atom is -0.397 e. The molecule has 1 heterocycles. The molecule has 5 N–H and O–H groups in total. The quantitative estimate of drug-likeness (QED) is 0.731. The second-order valence-electron chi connectivity index (χ2n) is 3.83. The van der Waals surface area contributed by atoms with Crippen molar-refractivity contribution < 1.29 is 4.79 Å². The Morgan fingerprint density at radius 2 is 2.28 bits per heavy atom. The zero-order valence-corrected chi connectivity index (χ0v) is 10.8. The number of rotatable bonds is 4. The van der Waals surface area contributed by atoms with Crippen molar-refractivity contribution in [2.24, 2.45) is 5.73 Å². The fraction of sp³-hybridized carbons (Fsp3) is 0.167. The molecule has 6 heteroatoms. The number of nitrogens with one attached hydrogen (secondary N) is 1. The average Bonchev–Trinajstić information content (AvgIpc) is 2.73. The first-order valence-electron chi connectivity index (χ1n) is 5.41. The van der Waals surface area contributed by atoms with Gasteiger partial charge in [-0.2, -0.15) is 0 Å². The van der Waals surface area contributed by atoms with Crippen molar-refractivity contribution in [3.05, 3.63) is 39.8 Å². The molecule has 0 atom stereocenters. The number of para-hydroxylation sites is 1. The zero-order valence-electron chi connectivity index (χ0n) is 9.93. The van der Waals surface area contributed by atoms with E-state index in [1.54, 1.807) is 35.7 Å². The van der Waals surface area contributed by atoms with Crippen LogP contribution in [0.4, 0.5) is 11.4 Å². The van der Waals surface area contributed by atoms with Crippen molar-refractivity contribution in [2.75, 3.05) is 11.1 Å². The van der Waals surface area contributed by atoms with E-state index in [1.807, 2.05) is 6.92 Å². The molecule has 2 aromatic rings. The minimum atomic E-state index is -0.495. The molecule has 0 fully saturated rings. The fourth-order valence-electron chi connectivity index (χ4n) is 1.64. The van der Waals surface area contributed by atoms with Gasteiger partial charge < -0.3 is 16.8 Å². The summed E-state index contributed by atoms with van der Waals surface area (Å²) in [5.74, 6) is -0.495. The number of anilines is 2. The number of carbonyl (C=O) groups is 1. The number of aromatic nitrogens is 1. The van der Waals surface area contributed by atoms with Crippen LogP contribution in [0, 0.1) is 6.92 Å². The summed E-state index contributed by atoms with van der Waals surface area (Å²) < 4.78 is 0. The SMILES string of the molecule is Cc1ncc(CNc2c(N)cccc2C(N)=O)s1. The van der Waals surface area contributed by atoms with Gasteiger partial charge in [-0.15, -0.1) is 11.3 Å². The molecule has 1 aromatic carbocycles. The highest BCUT2D eigenvalue weighted by Gasteiger charge is 2.10. The van der Waals surface area contributed by atoms with Crippen LogP contribution in [0.15, 0.2) is 24.4 Å². The summed E-state index contributed by atoms with van der Waals surface area (Å²) in [7, 11) is 0. The molecular formula is C12H14N4OS. The van der Waals surface area contributed by atoms with Gasteiger partial charge in [-0.3, -0.25) is 4.79 Å². The van der Waals surface area contributed by atoms with E-state index in [4.69, 9.17) is 11.5 Å². The molecule has 0 unspecified atom stereocenters. The molecule has 5 nitrogen and oxygen atoms in total. The van der Waals surface area contributed by atoms with Crippen molar-refractivity contribution in [1.82, 2.24) is 4.98 Å². The summed E-state index contributed by atoms with van der Waals surface area (Å²) in [6.07, 6.45) is 1.80. The smallest absolute Gasteiger partial charge is 0.250 e. The minimum absolute atomic E-state index is 0.399. The topological polar surface area (TPSA) is 94.0 Å². The van der Waals surface area contributed by atoms with Crippen LogP contribution in [-0.2, 0) is 6.54 Å². The summed E-state index contributed by atoms with van der Waals surface area (Å²) in [6, 6.07) is 5.09. The van der Waals surface area contributed by atoms with Gasteiger partial charge in [0.1, 0.15) is 0 Å². The van der Waals surface area contributed by atoms with Crippen LogP contribution in [0.2, 0.25) is 0 Å². The number of hydrogen-bond donors (Lipinski definition) is 3. The number of nitrogens with two attached hydrogens (primary N) is 2. The average molecular weight is 262 g/mol. The molecule has 0 aliphatic heterocycles. The third kappa shape index (κ3) is 2.60. The lowest BCUT2D eigenvalue weighted by atomic mass is 10.1. The third-order valence-corrected chi connectivity index (χ3v) is 3.38. The normalized spacial score (nSPS) is 10.3. The highest BCUT2D eigenvalue weighted by Crippen LogP contribution is 2.24. The van der Waals surface area contributed by atoms with Crippen molar-refractivity contribution in [1.29, 1.82) is 0 Å². The molecule has 18 heavy (non-hydrogen) atoms. The molecule has 0 bridgehead atoms. The summed E-state index contributed by atoms with van der Waals surface area (Å²) in [5.41, 5.74) is 12.6. The molecule has 0 aliphatic carbocycles. The number of benzene rings is 1. The van der Waals surface area contributed by atoms with Crippen LogP contribution in [0.3, 0.4) is 0 Å². The molecule has 0 radical (unpaired) electrons. The summed E-state index contributed by atoms with van der Waals surface area (Å²) in [4.78, 5) is 16.5. The Balaban J connectivity index is 2.20. The molecule has 94 valence electrons. The first kappa shape index (κ1) is 12.4. The largest absolute Gasteiger partial charge is 0.397 e. The van der Waals surface area contributed by atoms with Crippen molar-refractivity contribution in [2.45, 2.75) is 13.5 Å². The van der Waals surface area contributed by atoms with E-state index < -0.39 is 5.91 Å². The monoisotopic (exact) mass is 262 g/mol. The number of nitrogens with zero attached hydrogens (tertiary/aromatic N) is 1. The van der Waals surface area contributed by atoms with Crippen molar-refractivity contribution in [3.8, 4) is 0 Å². The predicted molar refractivity (Wildman–Crippen MR) is 73.6 cm³/mol. The van der Waals surface area contributed by atoms with E-state index in [0.717, 1.165) is 9.88 Å². The van der Waals surface area contributed by atoms with Crippen LogP contribution >= 0.6 is 11.3 Å². The summed E-state index contributed by atoms with van der Waals surface area (Å²) >= 11 is 1.60. The van der Waals surface area contributed by atoms with Gasteiger partial charge >= 0.3 is 0 Å². The number of thiazole rings is 1. The van der Waals surface area contributed by atoms with Gasteiger partial charge in [0.15, 0.2) is 0 Å². The third-order valence-electron chi connectivity index (χ3n) is 2.47. The van der Waals surface area contributed by atoms with Gasteiger partial charge in [0.25, 0.3) is 5.91 Å². The van der Waals surface area contributed by atoms with Crippen LogP contribution in [-0.4, -0.2) is 10.9 Å². The van der Waals surface area contributed by atoms with Crippen molar-refractivity contribution >= 4 is 28.6 Å². The number of carbonyl (C=O) groups excluding carboxylic acids is 1. The molecular weight excluding hydrogens is 248 g/mol. The maximum absolute atomic E-state index is 11.3. The van der Waals surface area contributed by atoms with Gasteiger partial charge in [0.05, 0.1) is 28.5 Å². The van der Waals surface area contributed by atoms with Crippen LogP contribution in [0.25, 0.3) is 0 Å². The Labute approximate surface area is 109 Å². The van der Waals surface area contributed by atoms with E-state index in [-0.39, 0.29) is 0 Å². The number of aryl methyl sites for hydroxylation is 1. The maximum Gasteiger partial charge on any atom is 0.250 e. The molecule has 2 rings (SSSR count). The standard InChI is InChI=1S/C12H14N4OS/c1-7-15-5-8(18-7)6-16-11-9(12(14)17)3-2-4-10(11)13/h2-5,16H,6,13H2,1H3,(H2,14,17). The Bertz CT molecular complexity index is 579. The predicted octanol–water partition coefficient (Wildman–Crippen LogP) is 1.74. The Morgan fingerprint density at radius 1 is 1.50 bits per heavy atom. The van der Waals surface area contributed by atoms with Crippen LogP contribution in [0.1, 0.15) is 20.2 Å². The van der Waals surface area contributed by atoms with Gasteiger partial charge in [-0.1, -0.05) is 6.07 Å². The van der Waals surface area contributed by atoms with E-state index >= 15 is 0 Å². The highest BCUT2D eigenvalue weighted by molar-refractivity contribution is 7.11. The van der Waals surface area contributed by atoms with E-state index in [2.05, 4.69) is 10.3 Å². The first-order valence-corrected chi connectivity index (χ1v) is 6.23. The molecule has 1 aromatic heterocycles. The van der Waals surface area contributed by atoms with Crippen LogP contribution in [0.5, 0.6) is 0 Å². The van der Waals surface area contributed by atoms with Gasteiger partial charge in [0, 0.05) is 11.1 Å². The molecule has 0 spiro atoms. The van der Waals surface area contributed by atoms with Gasteiger partial charge in [-0.25, -0.2) is 4.98 Å². The lowest BCUT2D eigenvalue weighted by molar-refractivity contribution is 0.100. The molecule has 0 aliphatic rings. The second kappa shape index (κ2) is 5.05. The molecule has 0 saturated carbocycles. The summed E-state index contributed by atoms with van der Waals surface area (Å²) in [6.45, 7) is 2.51. The molecule has 0 saturated heterocycles. The van der Waals surface area contributed by atoms with E-state index in [9.17, 15) is 4.79 Å². The number of hydrogen-bond acceptors (Lipinski definition) is 5. The van der Waals surface area contributed by atoms with Gasteiger partial charge in [-0.05, 0) is 19.1 Å². The highest BCUT2D eigenvalue weighted by atomic mass is 32.1. The van der Waals surface area contributed by atoms with E-state index in [1.165, 1.54) is 0 Å². The maximum atomic E-state index is 11.3. The number of amides is 1. The second-order valence-corrected chi connectivity index (χ2v) is 5.15. The lowest BCUT2D eigenvalue weighted by Gasteiger charge is -2.11. The number of primary amides is 1. The Kier molecular flexibility index (Phi) is 3.47. The molecule has 1 amide bonds. The Hall–Kier alpha value is -2.08. The van der Waals surface area contributed by atoms with Crippen LogP contribution < -0.4 is 16.8 Å². The Morgan fingerprint density at radius 3 is 2.89 bits per heavy atom. The first-order chi connectivity index (χ1) is 8.58. The number of nitrogen functional groups attached to an aromatic ring is 1. The van der Waals surface area contributed by atoms with Crippen molar-refractivity contribution in [3.63, 3.8) is 0 Å². The zero-order chi connectivity index (χ0) is 13.1. The summed E-state index contributed by atoms with van der Waals surface area (Å²) in [5, 5.41) is 4.14. The van der Waals surface area contributed by atoms with E-state index in [0.29, 0.717) is 23.5 Å². The van der Waals surface area contributed by atoms with Gasteiger partial charge in [0.2, 0.25) is 0 Å². The fourth-order valence-corrected chi connectivity index (χ4v) is 2.37.